The minimum Gasteiger partial charge on any atom is -0.352 e. The highest BCUT2D eigenvalue weighted by molar-refractivity contribution is 5.71. The average molecular weight is 333 g/mol. The largest absolute Gasteiger partial charge is 0.352 e. The number of amides is 2. The molecule has 0 aromatic heterocycles. The third-order valence-electron chi connectivity index (χ3n) is 4.76. The lowest BCUT2D eigenvalue weighted by Gasteiger charge is -2.39. The summed E-state index contributed by atoms with van der Waals surface area (Å²) in [5.41, 5.74) is 6.31. The van der Waals surface area contributed by atoms with Gasteiger partial charge in [-0.25, -0.2) is 9.18 Å². The zero-order chi connectivity index (χ0) is 17.4. The van der Waals surface area contributed by atoms with E-state index < -0.39 is 6.03 Å². The van der Waals surface area contributed by atoms with E-state index in [1.54, 1.807) is 0 Å². The Labute approximate surface area is 143 Å². The number of urea groups is 1. The minimum atomic E-state index is -0.462. The van der Waals surface area contributed by atoms with Crippen LogP contribution in [0, 0.1) is 11.7 Å². The highest BCUT2D eigenvalue weighted by Gasteiger charge is 2.27. The summed E-state index contributed by atoms with van der Waals surface area (Å²) in [6.07, 6.45) is 7.19. The van der Waals surface area contributed by atoms with E-state index >= 15 is 0 Å². The Balaban J connectivity index is 1.87. The topological polar surface area (TPSA) is 58.4 Å². The first-order valence-corrected chi connectivity index (χ1v) is 8.71. The first-order valence-electron chi connectivity index (χ1n) is 8.71. The van der Waals surface area contributed by atoms with Crippen molar-refractivity contribution in [3.8, 4) is 0 Å². The van der Waals surface area contributed by atoms with Gasteiger partial charge in [0.2, 0.25) is 0 Å². The van der Waals surface area contributed by atoms with Gasteiger partial charge in [0.15, 0.2) is 0 Å². The molecule has 2 atom stereocenters. The third kappa shape index (κ3) is 5.96. The number of halogens is 1. The molecule has 5 heteroatoms. The van der Waals surface area contributed by atoms with Gasteiger partial charge in [0.1, 0.15) is 5.82 Å². The number of hydrogen-bond acceptors (Lipinski definition) is 2. The van der Waals surface area contributed by atoms with Gasteiger partial charge >= 0.3 is 6.03 Å². The van der Waals surface area contributed by atoms with Gasteiger partial charge in [-0.15, -0.1) is 6.58 Å². The van der Waals surface area contributed by atoms with Crippen LogP contribution >= 0.6 is 0 Å². The summed E-state index contributed by atoms with van der Waals surface area (Å²) in [5, 5.41) is 2.65. The van der Waals surface area contributed by atoms with Gasteiger partial charge in [0.05, 0.1) is 0 Å². The second-order valence-corrected chi connectivity index (χ2v) is 6.59. The van der Waals surface area contributed by atoms with E-state index in [9.17, 15) is 9.18 Å². The van der Waals surface area contributed by atoms with Crippen LogP contribution < -0.4 is 11.1 Å². The Morgan fingerprint density at radius 2 is 2.17 bits per heavy atom. The van der Waals surface area contributed by atoms with E-state index in [2.05, 4.69) is 16.8 Å². The van der Waals surface area contributed by atoms with Crippen molar-refractivity contribution in [3.05, 3.63) is 48.3 Å². The Hall–Kier alpha value is -1.88. The van der Waals surface area contributed by atoms with Crippen molar-refractivity contribution in [1.82, 2.24) is 10.2 Å². The molecule has 0 unspecified atom stereocenters. The van der Waals surface area contributed by atoms with E-state index in [0.717, 1.165) is 45.2 Å². The summed E-state index contributed by atoms with van der Waals surface area (Å²) in [4.78, 5) is 13.2. The first kappa shape index (κ1) is 18.5. The van der Waals surface area contributed by atoms with Crippen LogP contribution in [0.5, 0.6) is 0 Å². The molecule has 1 aliphatic heterocycles. The van der Waals surface area contributed by atoms with E-state index in [4.69, 9.17) is 5.73 Å². The molecule has 0 saturated carbocycles. The molecule has 4 nitrogen and oxygen atoms in total. The molecular weight excluding hydrogens is 305 g/mol. The number of primary amides is 1. The highest BCUT2D eigenvalue weighted by Crippen LogP contribution is 2.28. The van der Waals surface area contributed by atoms with Gasteiger partial charge in [-0.2, -0.15) is 0 Å². The molecule has 1 aliphatic rings. The van der Waals surface area contributed by atoms with Gasteiger partial charge in [-0.1, -0.05) is 18.2 Å². The number of piperidine rings is 1. The lowest BCUT2D eigenvalue weighted by atomic mass is 9.84. The van der Waals surface area contributed by atoms with E-state index in [-0.39, 0.29) is 5.82 Å². The maximum Gasteiger partial charge on any atom is 0.312 e. The standard InChI is InChI=1S/C19H28FN3O/c1-2-11-23-12-9-16(13-15-5-7-17(20)8-6-15)14-18(23)4-3-10-22-19(21)24/h2,5-8,16,18H,1,3-4,9-14H2,(H3,21,22,24)/t16-,18-/m0/s1. The predicted octanol–water partition coefficient (Wildman–Crippen LogP) is 3.08. The molecule has 2 amide bonds. The fourth-order valence-corrected chi connectivity index (χ4v) is 3.58. The van der Waals surface area contributed by atoms with Crippen molar-refractivity contribution in [1.29, 1.82) is 0 Å². The highest BCUT2D eigenvalue weighted by atomic mass is 19.1. The number of likely N-dealkylation sites (tertiary alicyclic amines) is 1. The number of nitrogens with zero attached hydrogens (tertiary/aromatic N) is 1. The Kier molecular flexibility index (Phi) is 7.25. The zero-order valence-electron chi connectivity index (χ0n) is 14.2. The summed E-state index contributed by atoms with van der Waals surface area (Å²) >= 11 is 0. The van der Waals surface area contributed by atoms with Gasteiger partial charge in [-0.3, -0.25) is 4.90 Å². The quantitative estimate of drug-likeness (QED) is 0.567. The van der Waals surface area contributed by atoms with Crippen molar-refractivity contribution in [2.75, 3.05) is 19.6 Å². The second-order valence-electron chi connectivity index (χ2n) is 6.59. The van der Waals surface area contributed by atoms with Gasteiger partial charge in [0.25, 0.3) is 0 Å². The summed E-state index contributed by atoms with van der Waals surface area (Å²) in [6.45, 7) is 6.44. The van der Waals surface area contributed by atoms with Crippen LogP contribution in [-0.4, -0.2) is 36.6 Å². The molecule has 3 N–H and O–H groups in total. The van der Waals surface area contributed by atoms with Crippen LogP contribution in [-0.2, 0) is 6.42 Å². The number of rotatable bonds is 8. The number of carbonyl (C=O) groups is 1. The zero-order valence-corrected chi connectivity index (χ0v) is 14.2. The van der Waals surface area contributed by atoms with E-state index in [0.29, 0.717) is 18.5 Å². The maximum absolute atomic E-state index is 13.0. The van der Waals surface area contributed by atoms with Crippen LogP contribution in [0.1, 0.15) is 31.2 Å². The molecule has 0 bridgehead atoms. The van der Waals surface area contributed by atoms with Crippen LogP contribution in [0.15, 0.2) is 36.9 Å². The van der Waals surface area contributed by atoms with Crippen molar-refractivity contribution in [3.63, 3.8) is 0 Å². The fraction of sp³-hybridized carbons (Fsp3) is 0.526. The average Bonchev–Trinajstić information content (AvgIpc) is 2.56. The van der Waals surface area contributed by atoms with Gasteiger partial charge in [0, 0.05) is 19.1 Å². The molecule has 1 heterocycles. The van der Waals surface area contributed by atoms with E-state index in [1.165, 1.54) is 17.7 Å². The normalized spacial score (nSPS) is 21.4. The minimum absolute atomic E-state index is 0.181. The molecule has 1 aromatic rings. The number of nitrogens with two attached hydrogens (primary N) is 1. The molecule has 132 valence electrons. The molecular formula is C19H28FN3O. The van der Waals surface area contributed by atoms with Crippen LogP contribution in [0.3, 0.4) is 0 Å². The van der Waals surface area contributed by atoms with Crippen molar-refractivity contribution < 1.29 is 9.18 Å². The predicted molar refractivity (Wildman–Crippen MR) is 95.2 cm³/mol. The SMILES string of the molecule is C=CCN1CC[C@@H](Cc2ccc(F)cc2)C[C@@H]1CCCNC(N)=O. The van der Waals surface area contributed by atoms with Gasteiger partial charge < -0.3 is 11.1 Å². The lowest BCUT2D eigenvalue weighted by Crippen LogP contribution is -2.43. The molecule has 0 spiro atoms. The molecule has 1 aromatic carbocycles. The molecule has 24 heavy (non-hydrogen) atoms. The molecule has 0 aliphatic carbocycles. The van der Waals surface area contributed by atoms with Crippen LogP contribution in [0.25, 0.3) is 0 Å². The van der Waals surface area contributed by atoms with Crippen molar-refractivity contribution in [2.45, 2.75) is 38.1 Å². The van der Waals surface area contributed by atoms with Crippen molar-refractivity contribution >= 4 is 6.03 Å². The summed E-state index contributed by atoms with van der Waals surface area (Å²) < 4.78 is 13.0. The summed E-state index contributed by atoms with van der Waals surface area (Å²) in [5.74, 6) is 0.435. The molecule has 1 saturated heterocycles. The van der Waals surface area contributed by atoms with E-state index in [1.807, 2.05) is 18.2 Å². The monoisotopic (exact) mass is 333 g/mol. The fourth-order valence-electron chi connectivity index (χ4n) is 3.58. The van der Waals surface area contributed by atoms with Gasteiger partial charge in [-0.05, 0) is 62.3 Å². The Morgan fingerprint density at radius 1 is 1.42 bits per heavy atom. The smallest absolute Gasteiger partial charge is 0.312 e. The molecule has 0 radical (unpaired) electrons. The number of hydrogen-bond donors (Lipinski definition) is 2. The Bertz CT molecular complexity index is 532. The van der Waals surface area contributed by atoms with Crippen LogP contribution in [0.4, 0.5) is 9.18 Å². The summed E-state index contributed by atoms with van der Waals surface area (Å²) in [6, 6.07) is 6.88. The lowest BCUT2D eigenvalue weighted by molar-refractivity contribution is 0.116. The first-order chi connectivity index (χ1) is 11.6. The number of nitrogens with one attached hydrogen (secondary N) is 1. The summed E-state index contributed by atoms with van der Waals surface area (Å²) in [7, 11) is 0. The third-order valence-corrected chi connectivity index (χ3v) is 4.76. The second kappa shape index (κ2) is 9.42. The van der Waals surface area contributed by atoms with Crippen LogP contribution in [0.2, 0.25) is 0 Å². The number of benzene rings is 1. The van der Waals surface area contributed by atoms with Crippen molar-refractivity contribution in [2.24, 2.45) is 11.7 Å². The number of carbonyl (C=O) groups excluding carboxylic acids is 1. The maximum atomic E-state index is 13.0. The molecule has 2 rings (SSSR count). The molecule has 1 fully saturated rings. The Morgan fingerprint density at radius 3 is 2.83 bits per heavy atom.